The zero-order valence-corrected chi connectivity index (χ0v) is 19.6. The normalized spacial score (nSPS) is 14.5. The molecule has 1 aliphatic rings. The highest BCUT2D eigenvalue weighted by Crippen LogP contribution is 2.29. The molecule has 1 fully saturated rings. The van der Waals surface area contributed by atoms with Crippen molar-refractivity contribution in [3.63, 3.8) is 0 Å². The third-order valence-corrected chi connectivity index (χ3v) is 6.03. The van der Waals surface area contributed by atoms with E-state index in [4.69, 9.17) is 14.6 Å². The van der Waals surface area contributed by atoms with Gasteiger partial charge in [0.25, 0.3) is 5.91 Å². The van der Waals surface area contributed by atoms with Crippen LogP contribution in [-0.4, -0.2) is 83.5 Å². The van der Waals surface area contributed by atoms with E-state index in [9.17, 15) is 4.79 Å². The summed E-state index contributed by atoms with van der Waals surface area (Å²) in [5.74, 6) is 0.688. The van der Waals surface area contributed by atoms with Crippen molar-refractivity contribution < 1.29 is 14.3 Å². The molecule has 0 unspecified atom stereocenters. The van der Waals surface area contributed by atoms with Crippen LogP contribution in [0.15, 0.2) is 42.6 Å². The number of pyridine rings is 1. The van der Waals surface area contributed by atoms with Crippen molar-refractivity contribution in [1.82, 2.24) is 24.6 Å². The number of benzene rings is 1. The molecule has 1 aromatic carbocycles. The van der Waals surface area contributed by atoms with Gasteiger partial charge in [0.2, 0.25) is 0 Å². The molecule has 0 atom stereocenters. The number of fused-ring (bicyclic) bond motifs is 1. The number of carbonyl (C=O) groups excluding carboxylic acids is 1. The molecule has 1 aliphatic heterocycles. The number of aromatic nitrogens is 3. The summed E-state index contributed by atoms with van der Waals surface area (Å²) in [4.78, 5) is 22.3. The Morgan fingerprint density at radius 1 is 1.12 bits per heavy atom. The van der Waals surface area contributed by atoms with Gasteiger partial charge in [-0.05, 0) is 24.6 Å². The first-order valence-electron chi connectivity index (χ1n) is 11.7. The summed E-state index contributed by atoms with van der Waals surface area (Å²) in [6, 6.07) is 11.7. The fourth-order valence-corrected chi connectivity index (χ4v) is 4.28. The summed E-state index contributed by atoms with van der Waals surface area (Å²) < 4.78 is 13.0. The minimum Gasteiger partial charge on any atom is -0.494 e. The number of hydrogen-bond donors (Lipinski definition) is 0. The minimum atomic E-state index is -0.0452. The van der Waals surface area contributed by atoms with Crippen LogP contribution >= 0.6 is 0 Å². The molecule has 0 saturated carbocycles. The van der Waals surface area contributed by atoms with Crippen LogP contribution in [0.2, 0.25) is 0 Å². The minimum absolute atomic E-state index is 0.0452. The first kappa shape index (κ1) is 23.2. The van der Waals surface area contributed by atoms with E-state index in [1.807, 2.05) is 46.0 Å². The highest BCUT2D eigenvalue weighted by Gasteiger charge is 2.24. The third kappa shape index (κ3) is 5.51. The van der Waals surface area contributed by atoms with E-state index in [2.05, 4.69) is 16.8 Å². The summed E-state index contributed by atoms with van der Waals surface area (Å²) in [6.45, 7) is 8.26. The Bertz CT molecular complexity index is 1050. The maximum absolute atomic E-state index is 13.7. The molecular weight excluding hydrogens is 418 g/mol. The van der Waals surface area contributed by atoms with Gasteiger partial charge >= 0.3 is 0 Å². The van der Waals surface area contributed by atoms with Crippen LogP contribution < -0.4 is 4.74 Å². The van der Waals surface area contributed by atoms with Crippen LogP contribution in [0, 0.1) is 0 Å². The number of nitrogens with zero attached hydrogens (tertiary/aromatic N) is 5. The van der Waals surface area contributed by atoms with Crippen LogP contribution in [0.25, 0.3) is 10.9 Å². The zero-order chi connectivity index (χ0) is 23.0. The van der Waals surface area contributed by atoms with Crippen LogP contribution in [0.3, 0.4) is 0 Å². The van der Waals surface area contributed by atoms with E-state index in [1.165, 1.54) is 0 Å². The van der Waals surface area contributed by atoms with Crippen molar-refractivity contribution >= 4 is 16.8 Å². The molecule has 0 bridgehead atoms. The monoisotopic (exact) mass is 451 g/mol. The second kappa shape index (κ2) is 11.2. The van der Waals surface area contributed by atoms with Crippen molar-refractivity contribution in [3.8, 4) is 5.75 Å². The Balaban J connectivity index is 1.59. The first-order valence-corrected chi connectivity index (χ1v) is 11.7. The summed E-state index contributed by atoms with van der Waals surface area (Å²) in [5, 5.41) is 5.65. The molecule has 176 valence electrons. The lowest BCUT2D eigenvalue weighted by Crippen LogP contribution is -2.38. The number of para-hydroxylation sites is 1. The van der Waals surface area contributed by atoms with Gasteiger partial charge in [-0.25, -0.2) is 0 Å². The standard InChI is InChI=1S/C25H33N5O3/c1-3-12-29(13-10-20-7-4-5-11-26-20)25(31)23-21-8-6-9-22(32-2)24(21)30(27-23)15-14-28-16-18-33-19-17-28/h4-9,11H,3,10,12-19H2,1-2H3. The van der Waals surface area contributed by atoms with E-state index >= 15 is 0 Å². The number of methoxy groups -OCH3 is 1. The van der Waals surface area contributed by atoms with Crippen molar-refractivity contribution in [2.45, 2.75) is 26.3 Å². The second-order valence-electron chi connectivity index (χ2n) is 8.25. The van der Waals surface area contributed by atoms with Gasteiger partial charge in [-0.1, -0.05) is 25.1 Å². The van der Waals surface area contributed by atoms with E-state index in [1.54, 1.807) is 13.3 Å². The van der Waals surface area contributed by atoms with Gasteiger partial charge in [-0.2, -0.15) is 5.10 Å². The number of rotatable bonds is 10. The van der Waals surface area contributed by atoms with Gasteiger partial charge in [0.1, 0.15) is 11.3 Å². The predicted octanol–water partition coefficient (Wildman–Crippen LogP) is 2.87. The molecule has 0 N–H and O–H groups in total. The summed E-state index contributed by atoms with van der Waals surface area (Å²) in [7, 11) is 1.66. The highest BCUT2D eigenvalue weighted by molar-refractivity contribution is 6.06. The van der Waals surface area contributed by atoms with Gasteiger partial charge in [0, 0.05) is 56.4 Å². The largest absolute Gasteiger partial charge is 0.494 e. The lowest BCUT2D eigenvalue weighted by atomic mass is 10.1. The SMILES string of the molecule is CCCN(CCc1ccccn1)C(=O)c1nn(CCN2CCOCC2)c2c(OC)cccc12. The fraction of sp³-hybridized carbons (Fsp3) is 0.480. The first-order chi connectivity index (χ1) is 16.2. The molecule has 1 saturated heterocycles. The molecule has 0 spiro atoms. The van der Waals surface area contributed by atoms with Gasteiger partial charge in [0.15, 0.2) is 5.69 Å². The number of hydrogen-bond acceptors (Lipinski definition) is 6. The second-order valence-corrected chi connectivity index (χ2v) is 8.25. The zero-order valence-electron chi connectivity index (χ0n) is 19.6. The van der Waals surface area contributed by atoms with E-state index < -0.39 is 0 Å². The molecular formula is C25H33N5O3. The highest BCUT2D eigenvalue weighted by atomic mass is 16.5. The molecule has 8 nitrogen and oxygen atoms in total. The van der Waals surface area contributed by atoms with Crippen LogP contribution in [0.4, 0.5) is 0 Å². The molecule has 4 rings (SSSR count). The molecule has 3 aromatic rings. The molecule has 2 aromatic heterocycles. The van der Waals surface area contributed by atoms with Crippen LogP contribution in [-0.2, 0) is 17.7 Å². The van der Waals surface area contributed by atoms with Gasteiger partial charge in [-0.3, -0.25) is 19.4 Å². The summed E-state index contributed by atoms with van der Waals surface area (Å²) in [5.41, 5.74) is 2.34. The topological polar surface area (TPSA) is 72.7 Å². The maximum atomic E-state index is 13.7. The average molecular weight is 452 g/mol. The van der Waals surface area contributed by atoms with E-state index in [0.717, 1.165) is 61.6 Å². The number of ether oxygens (including phenoxy) is 2. The van der Waals surface area contributed by atoms with Gasteiger partial charge < -0.3 is 14.4 Å². The van der Waals surface area contributed by atoms with Crippen LogP contribution in [0.1, 0.15) is 29.5 Å². The van der Waals surface area contributed by atoms with Crippen molar-refractivity contribution in [2.75, 3.05) is 53.0 Å². The Labute approximate surface area is 195 Å². The molecule has 33 heavy (non-hydrogen) atoms. The lowest BCUT2D eigenvalue weighted by molar-refractivity contribution is 0.0361. The van der Waals surface area contributed by atoms with Gasteiger partial charge in [0.05, 0.1) is 26.9 Å². The Morgan fingerprint density at radius 3 is 2.70 bits per heavy atom. The van der Waals surface area contributed by atoms with Crippen molar-refractivity contribution in [1.29, 1.82) is 0 Å². The van der Waals surface area contributed by atoms with Crippen LogP contribution in [0.5, 0.6) is 5.75 Å². The molecule has 3 heterocycles. The number of carbonyl (C=O) groups is 1. The number of morpholine rings is 1. The number of amides is 1. The fourth-order valence-electron chi connectivity index (χ4n) is 4.28. The molecule has 0 radical (unpaired) electrons. The lowest BCUT2D eigenvalue weighted by Gasteiger charge is -2.26. The van der Waals surface area contributed by atoms with Crippen molar-refractivity contribution in [2.24, 2.45) is 0 Å². The average Bonchev–Trinajstić information content (AvgIpc) is 3.25. The summed E-state index contributed by atoms with van der Waals surface area (Å²) in [6.07, 6.45) is 3.38. The summed E-state index contributed by atoms with van der Waals surface area (Å²) >= 11 is 0. The van der Waals surface area contributed by atoms with Gasteiger partial charge in [-0.15, -0.1) is 0 Å². The molecule has 8 heteroatoms. The predicted molar refractivity (Wildman–Crippen MR) is 128 cm³/mol. The Hall–Kier alpha value is -2.97. The molecule has 0 aliphatic carbocycles. The molecule has 1 amide bonds. The maximum Gasteiger partial charge on any atom is 0.275 e. The Kier molecular flexibility index (Phi) is 7.91. The van der Waals surface area contributed by atoms with E-state index in [-0.39, 0.29) is 5.91 Å². The Morgan fingerprint density at radius 2 is 1.97 bits per heavy atom. The quantitative estimate of drug-likeness (QED) is 0.472. The van der Waals surface area contributed by atoms with Crippen molar-refractivity contribution in [3.05, 3.63) is 54.0 Å². The third-order valence-electron chi connectivity index (χ3n) is 6.03. The van der Waals surface area contributed by atoms with E-state index in [0.29, 0.717) is 31.7 Å². The smallest absolute Gasteiger partial charge is 0.275 e.